The summed E-state index contributed by atoms with van der Waals surface area (Å²) in [6.07, 6.45) is 0. The van der Waals surface area contributed by atoms with Crippen molar-refractivity contribution in [2.75, 3.05) is 14.1 Å². The Bertz CT molecular complexity index is 134. The number of carbonyl (C=O) groups is 2. The highest BCUT2D eigenvalue weighted by Crippen LogP contribution is 1.79. The van der Waals surface area contributed by atoms with Crippen molar-refractivity contribution in [3.63, 3.8) is 0 Å². The van der Waals surface area contributed by atoms with Crippen LogP contribution in [0.3, 0.4) is 0 Å². The van der Waals surface area contributed by atoms with E-state index in [4.69, 9.17) is 5.73 Å². The molecule has 0 aromatic rings. The Balaban J connectivity index is 3.88. The van der Waals surface area contributed by atoms with Gasteiger partial charge in [0.25, 0.3) is 0 Å². The molecule has 0 unspecified atom stereocenters. The number of hydrogen-bond acceptors (Lipinski definition) is 2. The van der Waals surface area contributed by atoms with Crippen molar-refractivity contribution in [2.24, 2.45) is 5.73 Å². The van der Waals surface area contributed by atoms with Gasteiger partial charge in [-0.15, -0.1) is 0 Å². The normalized spacial score (nSPS) is 8.22. The molecule has 0 spiro atoms. The quantitative estimate of drug-likeness (QED) is 0.457. The highest BCUT2D eigenvalue weighted by Gasteiger charge is 2.09. The van der Waals surface area contributed by atoms with Gasteiger partial charge in [0.1, 0.15) is 0 Å². The van der Waals surface area contributed by atoms with Gasteiger partial charge in [-0.25, -0.2) is 14.5 Å². The second kappa shape index (κ2) is 2.91. The van der Waals surface area contributed by atoms with Crippen molar-refractivity contribution in [3.8, 4) is 0 Å². The summed E-state index contributed by atoms with van der Waals surface area (Å²) in [5.41, 5.74) is 4.74. The molecule has 0 aromatic carbocycles. The fraction of sp³-hybridized carbons (Fsp3) is 0.500. The van der Waals surface area contributed by atoms with Crippen LogP contribution < -0.4 is 11.1 Å². The van der Waals surface area contributed by atoms with Crippen LogP contribution in [0.15, 0.2) is 0 Å². The van der Waals surface area contributed by atoms with Crippen LogP contribution in [0.5, 0.6) is 0 Å². The number of imide groups is 1. The van der Waals surface area contributed by atoms with Crippen LogP contribution in [0.4, 0.5) is 9.59 Å². The van der Waals surface area contributed by atoms with Gasteiger partial charge in [0, 0.05) is 14.1 Å². The minimum absolute atomic E-state index is 0.512. The molecule has 0 bridgehead atoms. The Kier molecular flexibility index (Phi) is 2.50. The van der Waals surface area contributed by atoms with Crippen LogP contribution in [-0.4, -0.2) is 31.1 Å². The van der Waals surface area contributed by atoms with E-state index in [1.54, 1.807) is 0 Å². The molecule has 3 N–H and O–H groups in total. The minimum Gasteiger partial charge on any atom is -0.351 e. The fourth-order valence-electron chi connectivity index (χ4n) is 0.268. The van der Waals surface area contributed by atoms with E-state index >= 15 is 0 Å². The molecular formula is C4H9N3O2. The lowest BCUT2D eigenvalue weighted by molar-refractivity contribution is 0.201. The van der Waals surface area contributed by atoms with E-state index in [0.29, 0.717) is 0 Å². The predicted octanol–water partition coefficient (Wildman–Crippen LogP) is -0.664. The Labute approximate surface area is 52.8 Å². The summed E-state index contributed by atoms with van der Waals surface area (Å²) >= 11 is 0. The molecule has 0 aliphatic heterocycles. The van der Waals surface area contributed by atoms with Gasteiger partial charge in [-0.05, 0) is 0 Å². The number of carbonyl (C=O) groups excluding carboxylic acids is 2. The first-order valence-corrected chi connectivity index (χ1v) is 2.34. The smallest absolute Gasteiger partial charge is 0.325 e. The molecule has 0 radical (unpaired) electrons. The Morgan fingerprint density at radius 2 is 2.00 bits per heavy atom. The van der Waals surface area contributed by atoms with Gasteiger partial charge in [0.2, 0.25) is 0 Å². The summed E-state index contributed by atoms with van der Waals surface area (Å²) in [5, 5.41) is 2.23. The molecular weight excluding hydrogens is 122 g/mol. The van der Waals surface area contributed by atoms with Crippen molar-refractivity contribution in [1.82, 2.24) is 10.2 Å². The third kappa shape index (κ3) is 1.98. The van der Waals surface area contributed by atoms with Crippen LogP contribution in [-0.2, 0) is 0 Å². The maximum atomic E-state index is 10.5. The van der Waals surface area contributed by atoms with Gasteiger partial charge >= 0.3 is 12.1 Å². The molecule has 4 amide bonds. The Hall–Kier alpha value is -1.26. The monoisotopic (exact) mass is 131 g/mol. The van der Waals surface area contributed by atoms with E-state index in [9.17, 15) is 9.59 Å². The van der Waals surface area contributed by atoms with E-state index in [1.807, 2.05) is 0 Å². The summed E-state index contributed by atoms with van der Waals surface area (Å²) in [6.45, 7) is 0. The molecule has 5 nitrogen and oxygen atoms in total. The number of urea groups is 2. The molecule has 9 heavy (non-hydrogen) atoms. The molecule has 0 atom stereocenters. The van der Waals surface area contributed by atoms with Crippen LogP contribution in [0, 0.1) is 0 Å². The predicted molar refractivity (Wildman–Crippen MR) is 31.8 cm³/mol. The van der Waals surface area contributed by atoms with Crippen molar-refractivity contribution < 1.29 is 9.59 Å². The summed E-state index contributed by atoms with van der Waals surface area (Å²) in [6, 6.07) is -1.28. The lowest BCUT2D eigenvalue weighted by atomic mass is 10.7. The lowest BCUT2D eigenvalue weighted by Gasteiger charge is -2.09. The topological polar surface area (TPSA) is 75.4 Å². The van der Waals surface area contributed by atoms with Gasteiger partial charge < -0.3 is 11.1 Å². The zero-order valence-corrected chi connectivity index (χ0v) is 5.34. The molecule has 0 saturated heterocycles. The highest BCUT2D eigenvalue weighted by atomic mass is 16.2. The second-order valence-corrected chi connectivity index (χ2v) is 1.45. The number of amides is 4. The number of rotatable bonds is 0. The average Bonchev–Trinajstić information content (AvgIpc) is 1.84. The standard InChI is InChI=1S/C4H9N3O2/c1-6-4(9)7(2)3(5)8/h1-2H3,(H2,5,8)(H,6,9). The van der Waals surface area contributed by atoms with Crippen LogP contribution >= 0.6 is 0 Å². The number of nitrogens with zero attached hydrogens (tertiary/aromatic N) is 1. The van der Waals surface area contributed by atoms with Crippen molar-refractivity contribution in [2.45, 2.75) is 0 Å². The lowest BCUT2D eigenvalue weighted by Crippen LogP contribution is -2.42. The first-order chi connectivity index (χ1) is 4.09. The summed E-state index contributed by atoms with van der Waals surface area (Å²) in [7, 11) is 2.71. The van der Waals surface area contributed by atoms with Gasteiger partial charge in [-0.1, -0.05) is 0 Å². The second-order valence-electron chi connectivity index (χ2n) is 1.45. The van der Waals surface area contributed by atoms with E-state index in [2.05, 4.69) is 5.32 Å². The average molecular weight is 131 g/mol. The molecule has 0 heterocycles. The summed E-state index contributed by atoms with van der Waals surface area (Å²) in [4.78, 5) is 21.4. The van der Waals surface area contributed by atoms with Crippen LogP contribution in [0.25, 0.3) is 0 Å². The zero-order chi connectivity index (χ0) is 7.44. The van der Waals surface area contributed by atoms with Gasteiger partial charge in [0.15, 0.2) is 0 Å². The highest BCUT2D eigenvalue weighted by molar-refractivity contribution is 5.92. The van der Waals surface area contributed by atoms with Crippen LogP contribution in [0.1, 0.15) is 0 Å². The van der Waals surface area contributed by atoms with Crippen LogP contribution in [0.2, 0.25) is 0 Å². The van der Waals surface area contributed by atoms with Crippen molar-refractivity contribution >= 4 is 12.1 Å². The summed E-state index contributed by atoms with van der Waals surface area (Å²) in [5.74, 6) is 0. The number of nitrogens with two attached hydrogens (primary N) is 1. The molecule has 0 saturated carbocycles. The molecule has 0 aliphatic carbocycles. The zero-order valence-electron chi connectivity index (χ0n) is 5.34. The molecule has 52 valence electrons. The van der Waals surface area contributed by atoms with E-state index in [1.165, 1.54) is 14.1 Å². The Morgan fingerprint density at radius 1 is 1.56 bits per heavy atom. The molecule has 0 aliphatic rings. The van der Waals surface area contributed by atoms with E-state index in [-0.39, 0.29) is 0 Å². The molecule has 0 rings (SSSR count). The maximum absolute atomic E-state index is 10.5. The SMILES string of the molecule is CNC(=O)N(C)C(N)=O. The number of nitrogens with one attached hydrogen (secondary N) is 1. The largest absolute Gasteiger partial charge is 0.351 e. The maximum Gasteiger partial charge on any atom is 0.325 e. The first kappa shape index (κ1) is 7.74. The van der Waals surface area contributed by atoms with E-state index < -0.39 is 12.1 Å². The third-order valence-corrected chi connectivity index (χ3v) is 0.849. The van der Waals surface area contributed by atoms with Gasteiger partial charge in [0.05, 0.1) is 0 Å². The first-order valence-electron chi connectivity index (χ1n) is 2.34. The van der Waals surface area contributed by atoms with E-state index in [0.717, 1.165) is 4.90 Å². The molecule has 0 fully saturated rings. The molecule has 5 heteroatoms. The van der Waals surface area contributed by atoms with Crippen molar-refractivity contribution in [3.05, 3.63) is 0 Å². The molecule has 0 aromatic heterocycles. The van der Waals surface area contributed by atoms with Gasteiger partial charge in [-0.2, -0.15) is 0 Å². The number of hydrogen-bond donors (Lipinski definition) is 2. The number of primary amides is 1. The fourth-order valence-corrected chi connectivity index (χ4v) is 0.268. The summed E-state index contributed by atoms with van der Waals surface area (Å²) < 4.78 is 0. The Morgan fingerprint density at radius 3 is 2.11 bits per heavy atom. The minimum atomic E-state index is -0.769. The third-order valence-electron chi connectivity index (χ3n) is 0.849. The van der Waals surface area contributed by atoms with Crippen molar-refractivity contribution in [1.29, 1.82) is 0 Å². The van der Waals surface area contributed by atoms with Gasteiger partial charge in [-0.3, -0.25) is 0 Å².